The Balaban J connectivity index is 0.00000144. The molecule has 0 bridgehead atoms. The van der Waals surface area contributed by atoms with Crippen molar-refractivity contribution in [1.82, 2.24) is 0 Å². The fourth-order valence-corrected chi connectivity index (χ4v) is 1.20. The van der Waals surface area contributed by atoms with E-state index in [1.165, 1.54) is 0 Å². The number of rotatable bonds is 1. The van der Waals surface area contributed by atoms with Crippen molar-refractivity contribution < 1.29 is 21.8 Å². The number of hydrogen-bond donors (Lipinski definition) is 1. The van der Waals surface area contributed by atoms with Gasteiger partial charge in [0.15, 0.2) is 0 Å². The van der Waals surface area contributed by atoms with E-state index in [4.69, 9.17) is 4.55 Å². The van der Waals surface area contributed by atoms with Crippen LogP contribution in [0.1, 0.15) is 0 Å². The molecule has 0 radical (unpaired) electrons. The van der Waals surface area contributed by atoms with Gasteiger partial charge in [-0.1, -0.05) is 0 Å². The normalized spacial score (nSPS) is 10.7. The maximum Gasteiger partial charge on any atom is 0.294 e. The van der Waals surface area contributed by atoms with Crippen LogP contribution < -0.4 is 0 Å². The van der Waals surface area contributed by atoms with Crippen molar-refractivity contribution in [3.8, 4) is 0 Å². The monoisotopic (exact) mass is 230 g/mol. The zero-order valence-corrected chi connectivity index (χ0v) is 7.70. The van der Waals surface area contributed by atoms with Gasteiger partial charge in [-0.2, -0.15) is 8.42 Å². The Kier molecular flexibility index (Phi) is 3.77. The van der Waals surface area contributed by atoms with Crippen LogP contribution in [0.2, 0.25) is 0 Å². The lowest BCUT2D eigenvalue weighted by Crippen LogP contribution is -1.99. The van der Waals surface area contributed by atoms with Gasteiger partial charge in [0.2, 0.25) is 0 Å². The highest BCUT2D eigenvalue weighted by Gasteiger charge is 2.11. The molecule has 0 saturated heterocycles. The van der Waals surface area contributed by atoms with Gasteiger partial charge in [0.05, 0.1) is 4.90 Å². The highest BCUT2D eigenvalue weighted by atomic mass is 35.5. The molecule has 0 atom stereocenters. The first kappa shape index (κ1) is 12.3. The molecule has 1 N–H and O–H groups in total. The number of hydrogen-bond acceptors (Lipinski definition) is 2. The molecule has 1 aromatic carbocycles. The summed E-state index contributed by atoms with van der Waals surface area (Å²) in [7, 11) is -4.53. The topological polar surface area (TPSA) is 54.4 Å². The maximum atomic E-state index is 12.3. The van der Waals surface area contributed by atoms with Gasteiger partial charge in [-0.15, -0.1) is 12.4 Å². The molecule has 0 aliphatic carbocycles. The van der Waals surface area contributed by atoms with Crippen molar-refractivity contribution in [2.75, 3.05) is 0 Å². The number of benzene rings is 1. The minimum Gasteiger partial charge on any atom is -0.282 e. The Labute approximate surface area is 79.5 Å². The Morgan fingerprint density at radius 1 is 1.08 bits per heavy atom. The minimum atomic E-state index is -4.53. The summed E-state index contributed by atoms with van der Waals surface area (Å²) < 4.78 is 53.8. The molecule has 1 aromatic rings. The van der Waals surface area contributed by atoms with Gasteiger partial charge < -0.3 is 0 Å². The largest absolute Gasteiger partial charge is 0.294 e. The molecule has 7 heteroatoms. The first-order valence-corrected chi connectivity index (χ1v) is 4.27. The van der Waals surface area contributed by atoms with Crippen LogP contribution in [0.3, 0.4) is 0 Å². The van der Waals surface area contributed by atoms with Crippen LogP contribution in [0.5, 0.6) is 0 Å². The summed E-state index contributed by atoms with van der Waals surface area (Å²) in [5.41, 5.74) is 0. The van der Waals surface area contributed by atoms with Gasteiger partial charge >= 0.3 is 0 Å². The van der Waals surface area contributed by atoms with Crippen LogP contribution in [-0.4, -0.2) is 13.0 Å². The molecule has 0 saturated carbocycles. The van der Waals surface area contributed by atoms with Gasteiger partial charge in [-0.3, -0.25) is 4.55 Å². The maximum absolute atomic E-state index is 12.3. The molecule has 0 heterocycles. The van der Waals surface area contributed by atoms with Crippen molar-refractivity contribution in [2.24, 2.45) is 0 Å². The molecule has 13 heavy (non-hydrogen) atoms. The molecule has 74 valence electrons. The fraction of sp³-hybridized carbons (Fsp3) is 0. The molecule has 0 amide bonds. The van der Waals surface area contributed by atoms with Gasteiger partial charge in [0, 0.05) is 6.07 Å². The van der Waals surface area contributed by atoms with Crippen molar-refractivity contribution in [3.63, 3.8) is 0 Å². The van der Waals surface area contributed by atoms with E-state index < -0.39 is 26.6 Å². The van der Waals surface area contributed by atoms with Crippen LogP contribution in [0, 0.1) is 11.6 Å². The zero-order chi connectivity index (χ0) is 9.35. The molecule has 0 aromatic heterocycles. The van der Waals surface area contributed by atoms with Crippen LogP contribution in [-0.2, 0) is 10.1 Å². The van der Waals surface area contributed by atoms with E-state index in [1.54, 1.807) is 0 Å². The lowest BCUT2D eigenvalue weighted by Gasteiger charge is -1.96. The summed E-state index contributed by atoms with van der Waals surface area (Å²) in [5.74, 6) is -2.11. The van der Waals surface area contributed by atoms with E-state index in [2.05, 4.69) is 0 Å². The summed E-state index contributed by atoms with van der Waals surface area (Å²) in [6.07, 6.45) is 0. The molecule has 0 aliphatic rings. The van der Waals surface area contributed by atoms with Gasteiger partial charge in [0.25, 0.3) is 10.1 Å². The second kappa shape index (κ2) is 3.99. The second-order valence-electron chi connectivity index (χ2n) is 2.08. The van der Waals surface area contributed by atoms with E-state index in [1.807, 2.05) is 0 Å². The predicted molar refractivity (Wildman–Crippen MR) is 43.4 cm³/mol. The van der Waals surface area contributed by atoms with E-state index in [9.17, 15) is 17.2 Å². The summed E-state index contributed by atoms with van der Waals surface area (Å²) in [6, 6.07) is 1.56. The van der Waals surface area contributed by atoms with Crippen molar-refractivity contribution in [1.29, 1.82) is 0 Å². The lowest BCUT2D eigenvalue weighted by atomic mass is 10.3. The Morgan fingerprint density at radius 2 is 1.46 bits per heavy atom. The predicted octanol–water partition coefficient (Wildman–Crippen LogP) is 1.63. The van der Waals surface area contributed by atoms with E-state index in [0.717, 1.165) is 0 Å². The molecule has 3 nitrogen and oxygen atoms in total. The van der Waals surface area contributed by atoms with Crippen molar-refractivity contribution in [2.45, 2.75) is 4.90 Å². The fourth-order valence-electron chi connectivity index (χ4n) is 0.677. The second-order valence-corrected chi connectivity index (χ2v) is 3.50. The molecular formula is C6H5ClF2O3S. The minimum absolute atomic E-state index is 0. The zero-order valence-electron chi connectivity index (χ0n) is 6.07. The third-order valence-electron chi connectivity index (χ3n) is 1.13. The molecule has 1 rings (SSSR count). The van der Waals surface area contributed by atoms with Crippen molar-refractivity contribution in [3.05, 3.63) is 29.8 Å². The average Bonchev–Trinajstić information content (AvgIpc) is 1.82. The first-order valence-electron chi connectivity index (χ1n) is 2.83. The molecule has 0 spiro atoms. The highest BCUT2D eigenvalue weighted by Crippen LogP contribution is 2.12. The first-order chi connectivity index (χ1) is 5.39. The van der Waals surface area contributed by atoms with E-state index in [-0.39, 0.29) is 12.4 Å². The van der Waals surface area contributed by atoms with Gasteiger partial charge in [-0.25, -0.2) is 8.78 Å². The third-order valence-corrected chi connectivity index (χ3v) is 1.97. The Morgan fingerprint density at radius 3 is 1.77 bits per heavy atom. The van der Waals surface area contributed by atoms with Gasteiger partial charge in [-0.05, 0) is 12.1 Å². The molecule has 0 unspecified atom stereocenters. The van der Waals surface area contributed by atoms with Gasteiger partial charge in [0.1, 0.15) is 11.6 Å². The van der Waals surface area contributed by atoms with Crippen LogP contribution in [0.15, 0.2) is 23.1 Å². The molecular weight excluding hydrogens is 226 g/mol. The average molecular weight is 231 g/mol. The smallest absolute Gasteiger partial charge is 0.282 e. The lowest BCUT2D eigenvalue weighted by molar-refractivity contribution is 0.479. The van der Waals surface area contributed by atoms with Crippen LogP contribution in [0.25, 0.3) is 0 Å². The SMILES string of the molecule is Cl.O=S(=O)(O)c1cc(F)cc(F)c1. The summed E-state index contributed by atoms with van der Waals surface area (Å²) in [6.45, 7) is 0. The quantitative estimate of drug-likeness (QED) is 0.746. The summed E-state index contributed by atoms with van der Waals surface area (Å²) in [4.78, 5) is -0.792. The van der Waals surface area contributed by atoms with E-state index >= 15 is 0 Å². The standard InChI is InChI=1S/C6H4F2O3S.ClH/c7-4-1-5(8)3-6(2-4)12(9,10)11;/h1-3H,(H,9,10,11);1H. The van der Waals surface area contributed by atoms with E-state index in [0.29, 0.717) is 18.2 Å². The highest BCUT2D eigenvalue weighted by molar-refractivity contribution is 7.85. The van der Waals surface area contributed by atoms with Crippen LogP contribution >= 0.6 is 12.4 Å². The van der Waals surface area contributed by atoms with Crippen LogP contribution in [0.4, 0.5) is 8.78 Å². The molecule has 0 fully saturated rings. The summed E-state index contributed by atoms with van der Waals surface area (Å²) >= 11 is 0. The Hall–Kier alpha value is -0.720. The van der Waals surface area contributed by atoms with Crippen molar-refractivity contribution >= 4 is 22.5 Å². The third kappa shape index (κ3) is 3.25. The molecule has 0 aliphatic heterocycles. The summed E-state index contributed by atoms with van der Waals surface area (Å²) in [5, 5.41) is 0. The Bertz CT molecular complexity index is 384. The number of halogens is 3.